The van der Waals surface area contributed by atoms with Crippen LogP contribution in [0.1, 0.15) is 18.4 Å². The summed E-state index contributed by atoms with van der Waals surface area (Å²) in [5.74, 6) is 0.138. The summed E-state index contributed by atoms with van der Waals surface area (Å²) < 4.78 is 5.49. The molecule has 1 saturated heterocycles. The summed E-state index contributed by atoms with van der Waals surface area (Å²) in [5.41, 5.74) is 1.78. The van der Waals surface area contributed by atoms with Gasteiger partial charge in [0.1, 0.15) is 5.58 Å². The van der Waals surface area contributed by atoms with Crippen molar-refractivity contribution in [1.82, 2.24) is 10.6 Å². The van der Waals surface area contributed by atoms with Gasteiger partial charge in [0, 0.05) is 36.5 Å². The Hall–Kier alpha value is -1.52. The second-order valence-electron chi connectivity index (χ2n) is 4.78. The molecule has 1 unspecified atom stereocenters. The number of rotatable bonds is 4. The standard InChI is InChI=1S/C14H15ClN2O2/c15-14-11(10-3-1-2-4-12(10)19-14)8-16-7-9-5-6-13(18)17-9/h1-4,9,16H,5-8H2,(H,17,18). The van der Waals surface area contributed by atoms with E-state index in [4.69, 9.17) is 16.0 Å². The average molecular weight is 279 g/mol. The van der Waals surface area contributed by atoms with Gasteiger partial charge in [-0.3, -0.25) is 4.79 Å². The maximum Gasteiger partial charge on any atom is 0.220 e. The number of furan rings is 1. The molecule has 1 aromatic heterocycles. The van der Waals surface area contributed by atoms with E-state index in [1.807, 2.05) is 24.3 Å². The molecular weight excluding hydrogens is 264 g/mol. The van der Waals surface area contributed by atoms with Crippen molar-refractivity contribution >= 4 is 28.5 Å². The van der Waals surface area contributed by atoms with Crippen LogP contribution in [0.5, 0.6) is 0 Å². The molecule has 1 fully saturated rings. The third-order valence-corrected chi connectivity index (χ3v) is 3.73. The molecule has 4 nitrogen and oxygen atoms in total. The lowest BCUT2D eigenvalue weighted by atomic mass is 10.1. The number of hydrogen-bond acceptors (Lipinski definition) is 3. The highest BCUT2D eigenvalue weighted by atomic mass is 35.5. The molecule has 1 aliphatic heterocycles. The summed E-state index contributed by atoms with van der Waals surface area (Å²) in [7, 11) is 0. The normalized spacial score (nSPS) is 19.0. The molecule has 0 spiro atoms. The first-order valence-electron chi connectivity index (χ1n) is 6.40. The van der Waals surface area contributed by atoms with Gasteiger partial charge < -0.3 is 15.1 Å². The minimum Gasteiger partial charge on any atom is -0.444 e. The maximum atomic E-state index is 11.1. The number of amides is 1. The van der Waals surface area contributed by atoms with E-state index in [0.717, 1.165) is 29.5 Å². The van der Waals surface area contributed by atoms with Gasteiger partial charge in [-0.2, -0.15) is 0 Å². The molecule has 1 aromatic carbocycles. The van der Waals surface area contributed by atoms with Gasteiger partial charge in [0.05, 0.1) is 0 Å². The van der Waals surface area contributed by atoms with Crippen molar-refractivity contribution in [3.05, 3.63) is 35.0 Å². The van der Waals surface area contributed by atoms with Crippen LogP contribution in [0.25, 0.3) is 11.0 Å². The zero-order chi connectivity index (χ0) is 13.2. The summed E-state index contributed by atoms with van der Waals surface area (Å²) in [6.45, 7) is 1.39. The summed E-state index contributed by atoms with van der Waals surface area (Å²) in [4.78, 5) is 11.1. The minimum absolute atomic E-state index is 0.138. The molecule has 1 aliphatic rings. The first-order chi connectivity index (χ1) is 9.24. The van der Waals surface area contributed by atoms with Crippen LogP contribution in [0.2, 0.25) is 5.22 Å². The van der Waals surface area contributed by atoms with Gasteiger partial charge in [-0.15, -0.1) is 0 Å². The zero-order valence-corrected chi connectivity index (χ0v) is 11.2. The second kappa shape index (κ2) is 5.23. The van der Waals surface area contributed by atoms with Crippen LogP contribution in [0.4, 0.5) is 0 Å². The van der Waals surface area contributed by atoms with Crippen molar-refractivity contribution in [2.24, 2.45) is 0 Å². The van der Waals surface area contributed by atoms with Crippen LogP contribution in [-0.4, -0.2) is 18.5 Å². The zero-order valence-electron chi connectivity index (χ0n) is 10.4. The van der Waals surface area contributed by atoms with Crippen molar-refractivity contribution < 1.29 is 9.21 Å². The molecule has 2 heterocycles. The number of fused-ring (bicyclic) bond motifs is 1. The van der Waals surface area contributed by atoms with E-state index in [9.17, 15) is 4.79 Å². The molecule has 5 heteroatoms. The molecule has 19 heavy (non-hydrogen) atoms. The Kier molecular flexibility index (Phi) is 3.44. The monoisotopic (exact) mass is 278 g/mol. The van der Waals surface area contributed by atoms with Crippen molar-refractivity contribution in [2.75, 3.05) is 6.54 Å². The van der Waals surface area contributed by atoms with Crippen LogP contribution in [0, 0.1) is 0 Å². The van der Waals surface area contributed by atoms with E-state index >= 15 is 0 Å². The fourth-order valence-electron chi connectivity index (χ4n) is 2.44. The van der Waals surface area contributed by atoms with Gasteiger partial charge in [0.25, 0.3) is 0 Å². The predicted molar refractivity (Wildman–Crippen MR) is 74.1 cm³/mol. The molecule has 0 saturated carbocycles. The van der Waals surface area contributed by atoms with Crippen LogP contribution in [-0.2, 0) is 11.3 Å². The number of carbonyl (C=O) groups is 1. The Bertz CT molecular complexity index is 609. The largest absolute Gasteiger partial charge is 0.444 e. The van der Waals surface area contributed by atoms with Gasteiger partial charge in [0.2, 0.25) is 5.91 Å². The van der Waals surface area contributed by atoms with Gasteiger partial charge in [-0.1, -0.05) is 18.2 Å². The SMILES string of the molecule is O=C1CCC(CNCc2c(Cl)oc3ccccc23)N1. The Morgan fingerprint density at radius 1 is 1.42 bits per heavy atom. The Labute approximate surface area is 116 Å². The van der Waals surface area contributed by atoms with Gasteiger partial charge >= 0.3 is 0 Å². The molecular formula is C14H15ClN2O2. The molecule has 3 rings (SSSR count). The maximum absolute atomic E-state index is 11.1. The molecule has 1 atom stereocenters. The van der Waals surface area contributed by atoms with Crippen LogP contribution in [0.3, 0.4) is 0 Å². The quantitative estimate of drug-likeness (QED) is 0.903. The first-order valence-corrected chi connectivity index (χ1v) is 6.78. The number of nitrogens with one attached hydrogen (secondary N) is 2. The average Bonchev–Trinajstić information content (AvgIpc) is 2.94. The van der Waals surface area contributed by atoms with E-state index in [1.54, 1.807) is 0 Å². The van der Waals surface area contributed by atoms with Crippen molar-refractivity contribution in [3.63, 3.8) is 0 Å². The highest BCUT2D eigenvalue weighted by Crippen LogP contribution is 2.29. The third kappa shape index (κ3) is 2.60. The number of halogens is 1. The Balaban J connectivity index is 1.65. The van der Waals surface area contributed by atoms with Gasteiger partial charge in [-0.05, 0) is 24.1 Å². The lowest BCUT2D eigenvalue weighted by Crippen LogP contribution is -2.35. The minimum atomic E-state index is 0.138. The van der Waals surface area contributed by atoms with E-state index < -0.39 is 0 Å². The Morgan fingerprint density at radius 3 is 3.05 bits per heavy atom. The van der Waals surface area contributed by atoms with E-state index in [0.29, 0.717) is 18.2 Å². The van der Waals surface area contributed by atoms with Crippen molar-refractivity contribution in [3.8, 4) is 0 Å². The lowest BCUT2D eigenvalue weighted by Gasteiger charge is -2.10. The highest BCUT2D eigenvalue weighted by molar-refractivity contribution is 6.30. The van der Waals surface area contributed by atoms with E-state index in [-0.39, 0.29) is 11.9 Å². The lowest BCUT2D eigenvalue weighted by molar-refractivity contribution is -0.119. The molecule has 1 amide bonds. The van der Waals surface area contributed by atoms with Gasteiger partial charge in [0.15, 0.2) is 5.22 Å². The fourth-order valence-corrected chi connectivity index (χ4v) is 2.69. The Morgan fingerprint density at radius 2 is 2.26 bits per heavy atom. The molecule has 2 aromatic rings. The smallest absolute Gasteiger partial charge is 0.220 e. The number of benzene rings is 1. The van der Waals surface area contributed by atoms with Crippen molar-refractivity contribution in [2.45, 2.75) is 25.4 Å². The predicted octanol–water partition coefficient (Wildman–Crippen LogP) is 2.45. The third-order valence-electron chi connectivity index (χ3n) is 3.43. The topological polar surface area (TPSA) is 54.3 Å². The first kappa shape index (κ1) is 12.5. The van der Waals surface area contributed by atoms with Crippen molar-refractivity contribution in [1.29, 1.82) is 0 Å². The number of hydrogen-bond donors (Lipinski definition) is 2. The van der Waals surface area contributed by atoms with E-state index in [2.05, 4.69) is 10.6 Å². The molecule has 0 radical (unpaired) electrons. The van der Waals surface area contributed by atoms with Crippen LogP contribution in [0.15, 0.2) is 28.7 Å². The summed E-state index contributed by atoms with van der Waals surface area (Å²) >= 11 is 6.11. The van der Waals surface area contributed by atoms with Crippen LogP contribution >= 0.6 is 11.6 Å². The summed E-state index contributed by atoms with van der Waals surface area (Å²) in [6, 6.07) is 8.02. The summed E-state index contributed by atoms with van der Waals surface area (Å²) in [5, 5.41) is 7.72. The second-order valence-corrected chi connectivity index (χ2v) is 5.13. The fraction of sp³-hybridized carbons (Fsp3) is 0.357. The van der Waals surface area contributed by atoms with Crippen LogP contribution < -0.4 is 10.6 Å². The van der Waals surface area contributed by atoms with E-state index in [1.165, 1.54) is 0 Å². The number of para-hydroxylation sites is 1. The molecule has 100 valence electrons. The molecule has 0 aliphatic carbocycles. The highest BCUT2D eigenvalue weighted by Gasteiger charge is 2.20. The molecule has 0 bridgehead atoms. The number of carbonyl (C=O) groups excluding carboxylic acids is 1. The van der Waals surface area contributed by atoms with Gasteiger partial charge in [-0.25, -0.2) is 0 Å². The molecule has 2 N–H and O–H groups in total. The summed E-state index contributed by atoms with van der Waals surface area (Å²) in [6.07, 6.45) is 1.52.